The predicted molar refractivity (Wildman–Crippen MR) is 100 cm³/mol. The molecular formula is C21H19F3N2O3. The second-order valence-corrected chi connectivity index (χ2v) is 7.30. The topological polar surface area (TPSA) is 71.2 Å². The summed E-state index contributed by atoms with van der Waals surface area (Å²) in [6, 6.07) is 8.83. The van der Waals surface area contributed by atoms with Crippen molar-refractivity contribution >= 4 is 11.5 Å². The Hall–Kier alpha value is -3.03. The van der Waals surface area contributed by atoms with Gasteiger partial charge in [-0.15, -0.1) is 13.2 Å². The molecule has 1 aliphatic carbocycles. The fourth-order valence-corrected chi connectivity index (χ4v) is 3.50. The van der Waals surface area contributed by atoms with Crippen LogP contribution in [-0.2, 0) is 4.79 Å². The molecule has 2 N–H and O–H groups in total. The van der Waals surface area contributed by atoms with E-state index in [1.54, 1.807) is 12.1 Å². The Morgan fingerprint density at radius 1 is 1.03 bits per heavy atom. The van der Waals surface area contributed by atoms with Crippen molar-refractivity contribution < 1.29 is 22.7 Å². The van der Waals surface area contributed by atoms with E-state index >= 15 is 0 Å². The number of ether oxygens (including phenoxy) is 1. The van der Waals surface area contributed by atoms with E-state index in [1.165, 1.54) is 24.3 Å². The molecule has 0 radical (unpaired) electrons. The molecule has 2 aliphatic rings. The van der Waals surface area contributed by atoms with Crippen LogP contribution in [0.1, 0.15) is 48.4 Å². The summed E-state index contributed by atoms with van der Waals surface area (Å²) in [4.78, 5) is 26.9. The van der Waals surface area contributed by atoms with Crippen LogP contribution in [0.4, 0.5) is 13.2 Å². The lowest BCUT2D eigenvalue weighted by atomic mass is 9.98. The summed E-state index contributed by atoms with van der Waals surface area (Å²) < 4.78 is 41.2. The summed E-state index contributed by atoms with van der Waals surface area (Å²) in [7, 11) is 0. The molecular weight excluding hydrogens is 385 g/mol. The largest absolute Gasteiger partial charge is 0.573 e. The van der Waals surface area contributed by atoms with Crippen molar-refractivity contribution in [3.8, 4) is 5.75 Å². The third-order valence-corrected chi connectivity index (χ3v) is 5.04. The van der Waals surface area contributed by atoms with Crippen LogP contribution in [0, 0.1) is 0 Å². The summed E-state index contributed by atoms with van der Waals surface area (Å²) in [6.45, 7) is 0. The van der Waals surface area contributed by atoms with Crippen molar-refractivity contribution in [2.45, 2.75) is 44.0 Å². The maximum atomic E-state index is 12.5. The van der Waals surface area contributed by atoms with Crippen LogP contribution >= 0.6 is 0 Å². The number of nitrogens with one attached hydrogen (secondary N) is 2. The fourth-order valence-electron chi connectivity index (χ4n) is 3.50. The van der Waals surface area contributed by atoms with Gasteiger partial charge >= 0.3 is 6.36 Å². The molecule has 0 bridgehead atoms. The van der Waals surface area contributed by atoms with Gasteiger partial charge in [0.2, 0.25) is 5.91 Å². The lowest BCUT2D eigenvalue weighted by Crippen LogP contribution is -2.23. The Morgan fingerprint density at radius 2 is 1.76 bits per heavy atom. The Bertz CT molecular complexity index is 1010. The normalized spacial score (nSPS) is 19.9. The van der Waals surface area contributed by atoms with E-state index in [0.717, 1.165) is 18.4 Å². The Kier molecular flexibility index (Phi) is 4.94. The molecule has 1 aromatic carbocycles. The van der Waals surface area contributed by atoms with Gasteiger partial charge in [0, 0.05) is 29.3 Å². The van der Waals surface area contributed by atoms with Crippen LogP contribution in [0.5, 0.6) is 5.75 Å². The highest BCUT2D eigenvalue weighted by Crippen LogP contribution is 2.38. The van der Waals surface area contributed by atoms with E-state index in [0.29, 0.717) is 35.6 Å². The van der Waals surface area contributed by atoms with E-state index in [4.69, 9.17) is 0 Å². The smallest absolute Gasteiger partial charge is 0.406 e. The van der Waals surface area contributed by atoms with Crippen LogP contribution in [0.3, 0.4) is 0 Å². The van der Waals surface area contributed by atoms with Crippen LogP contribution in [0.15, 0.2) is 47.3 Å². The number of halogens is 3. The fraction of sp³-hybridized carbons (Fsp3) is 0.333. The van der Waals surface area contributed by atoms with Crippen molar-refractivity contribution in [2.24, 2.45) is 0 Å². The molecule has 0 spiro atoms. The second kappa shape index (κ2) is 7.42. The molecule has 1 aliphatic heterocycles. The number of aromatic amines is 1. The van der Waals surface area contributed by atoms with Gasteiger partial charge in [-0.2, -0.15) is 0 Å². The predicted octanol–water partition coefficient (Wildman–Crippen LogP) is 3.86. The minimum absolute atomic E-state index is 0.0582. The van der Waals surface area contributed by atoms with E-state index in [-0.39, 0.29) is 23.3 Å². The number of pyridine rings is 1. The van der Waals surface area contributed by atoms with Gasteiger partial charge in [-0.25, -0.2) is 0 Å². The molecule has 29 heavy (non-hydrogen) atoms. The SMILES string of the molecule is O=C1CC[C@H](/C=C(\c2ccc(OC(F)(F)F)cc2)c2ccc(C3CC3)c(=O)[nH]2)N1. The van der Waals surface area contributed by atoms with Gasteiger partial charge in [-0.3, -0.25) is 9.59 Å². The first kappa shape index (κ1) is 19.3. The zero-order valence-corrected chi connectivity index (χ0v) is 15.4. The van der Waals surface area contributed by atoms with E-state index in [9.17, 15) is 22.8 Å². The molecule has 1 saturated heterocycles. The second-order valence-electron chi connectivity index (χ2n) is 7.30. The summed E-state index contributed by atoms with van der Waals surface area (Å²) >= 11 is 0. The van der Waals surface area contributed by atoms with Gasteiger partial charge in [0.15, 0.2) is 0 Å². The highest BCUT2D eigenvalue weighted by atomic mass is 19.4. The third-order valence-electron chi connectivity index (χ3n) is 5.04. The molecule has 8 heteroatoms. The monoisotopic (exact) mass is 404 g/mol. The molecule has 2 aromatic rings. The Balaban J connectivity index is 1.69. The first-order chi connectivity index (χ1) is 13.8. The zero-order chi connectivity index (χ0) is 20.6. The van der Waals surface area contributed by atoms with Crippen LogP contribution in [0.25, 0.3) is 5.57 Å². The maximum Gasteiger partial charge on any atom is 0.573 e. The Labute approximate surface area is 164 Å². The summed E-state index contributed by atoms with van der Waals surface area (Å²) in [6.07, 6.45) is 0.0799. The first-order valence-corrected chi connectivity index (χ1v) is 9.39. The van der Waals surface area contributed by atoms with Gasteiger partial charge in [-0.1, -0.05) is 24.3 Å². The maximum absolute atomic E-state index is 12.5. The van der Waals surface area contributed by atoms with E-state index < -0.39 is 6.36 Å². The number of amides is 1. The van der Waals surface area contributed by atoms with Crippen molar-refractivity contribution in [1.29, 1.82) is 0 Å². The van der Waals surface area contributed by atoms with E-state index in [2.05, 4.69) is 15.0 Å². The van der Waals surface area contributed by atoms with E-state index in [1.807, 2.05) is 6.08 Å². The standard InChI is InChI=1S/C21H19F3N2O3/c22-21(23,24)29-15-6-3-13(4-7-15)17(11-14-5-10-19(27)25-14)18-9-8-16(12-1-2-12)20(28)26-18/h3-4,6-9,11-12,14H,1-2,5,10H2,(H,25,27)(H,26,28)/b17-11+/t14-/m1/s1. The molecule has 1 atom stereocenters. The van der Waals surface area contributed by atoms with Gasteiger partial charge in [0.05, 0.1) is 0 Å². The lowest BCUT2D eigenvalue weighted by molar-refractivity contribution is -0.274. The number of H-pyrrole nitrogens is 1. The molecule has 5 nitrogen and oxygen atoms in total. The first-order valence-electron chi connectivity index (χ1n) is 9.39. The summed E-state index contributed by atoms with van der Waals surface area (Å²) in [5, 5.41) is 2.84. The molecule has 0 unspecified atom stereocenters. The number of alkyl halides is 3. The summed E-state index contributed by atoms with van der Waals surface area (Å²) in [5.74, 6) is -0.0856. The average Bonchev–Trinajstić information content (AvgIpc) is 3.41. The molecule has 2 heterocycles. The molecule has 1 saturated carbocycles. The highest BCUT2D eigenvalue weighted by molar-refractivity contribution is 5.82. The minimum Gasteiger partial charge on any atom is -0.406 e. The number of carbonyl (C=O) groups excluding carboxylic acids is 1. The molecule has 2 fully saturated rings. The molecule has 1 aromatic heterocycles. The Morgan fingerprint density at radius 3 is 2.31 bits per heavy atom. The van der Waals surface area contributed by atoms with Crippen LogP contribution in [0.2, 0.25) is 0 Å². The van der Waals surface area contributed by atoms with Crippen LogP contribution in [-0.4, -0.2) is 23.3 Å². The zero-order valence-electron chi connectivity index (χ0n) is 15.4. The number of hydrogen-bond donors (Lipinski definition) is 2. The van der Waals surface area contributed by atoms with Crippen molar-refractivity contribution in [3.63, 3.8) is 0 Å². The number of carbonyl (C=O) groups is 1. The number of hydrogen-bond acceptors (Lipinski definition) is 3. The lowest BCUT2D eigenvalue weighted by Gasteiger charge is -2.14. The van der Waals surface area contributed by atoms with Crippen molar-refractivity contribution in [2.75, 3.05) is 0 Å². The highest BCUT2D eigenvalue weighted by Gasteiger charge is 2.31. The quantitative estimate of drug-likeness (QED) is 0.795. The van der Waals surface area contributed by atoms with Gasteiger partial charge in [0.25, 0.3) is 5.56 Å². The van der Waals surface area contributed by atoms with Gasteiger partial charge in [0.1, 0.15) is 5.75 Å². The molecule has 152 valence electrons. The third kappa shape index (κ3) is 4.70. The minimum atomic E-state index is -4.77. The summed E-state index contributed by atoms with van der Waals surface area (Å²) in [5.41, 5.74) is 2.37. The number of aromatic nitrogens is 1. The number of benzene rings is 1. The molecule has 1 amide bonds. The van der Waals surface area contributed by atoms with Crippen LogP contribution < -0.4 is 15.6 Å². The molecule has 4 rings (SSSR count). The average molecular weight is 404 g/mol. The van der Waals surface area contributed by atoms with Crippen molar-refractivity contribution in [1.82, 2.24) is 10.3 Å². The van der Waals surface area contributed by atoms with Crippen molar-refractivity contribution in [3.05, 3.63) is 69.6 Å². The van der Waals surface area contributed by atoms with Gasteiger partial charge < -0.3 is 15.0 Å². The number of rotatable bonds is 5. The van der Waals surface area contributed by atoms with Gasteiger partial charge in [-0.05, 0) is 48.9 Å².